The number of halogens is 2. The van der Waals surface area contributed by atoms with Crippen molar-refractivity contribution in [3.05, 3.63) is 107 Å². The molecule has 0 radical (unpaired) electrons. The fraction of sp³-hybridized carbons (Fsp3) is 0.161. The summed E-state index contributed by atoms with van der Waals surface area (Å²) in [6, 6.07) is 19.1. The number of nitrogens with zero attached hydrogens (tertiary/aromatic N) is 5. The Kier molecular flexibility index (Phi) is 6.45. The van der Waals surface area contributed by atoms with Crippen LogP contribution in [0.5, 0.6) is 5.75 Å². The van der Waals surface area contributed by atoms with Crippen molar-refractivity contribution < 1.29 is 13.5 Å². The Labute approximate surface area is 233 Å². The van der Waals surface area contributed by atoms with Gasteiger partial charge in [0.1, 0.15) is 23.7 Å². The first-order valence-electron chi connectivity index (χ1n) is 13.1. The Hall–Kier alpha value is -5.12. The average Bonchev–Trinajstić information content (AvgIpc) is 3.35. The van der Waals surface area contributed by atoms with Gasteiger partial charge in [-0.25, -0.2) is 23.4 Å². The maximum absolute atomic E-state index is 15.0. The lowest BCUT2D eigenvalue weighted by molar-refractivity contribution is 0.231. The van der Waals surface area contributed by atoms with E-state index in [4.69, 9.17) is 15.6 Å². The van der Waals surface area contributed by atoms with E-state index >= 15 is 4.39 Å². The first-order chi connectivity index (χ1) is 19.7. The molecular formula is C31H26F2N6O2. The van der Waals surface area contributed by atoms with E-state index in [1.165, 1.54) is 24.5 Å². The van der Waals surface area contributed by atoms with Gasteiger partial charge in [-0.1, -0.05) is 24.3 Å². The van der Waals surface area contributed by atoms with E-state index in [1.54, 1.807) is 39.6 Å². The Bertz CT molecular complexity index is 1990. The van der Waals surface area contributed by atoms with E-state index in [1.807, 2.05) is 45.0 Å². The standard InChI is InChI=1S/C31H26F2N6O2/c1-17(2)41-26-12-10-20(13-24(26)33)28-27-29(34)35-16-36-30(27)39(37-28)18(3)25-14-19-9-11-21(32)15-23(19)31(40)38(25)22-7-5-4-6-8-22/h4-18H,1-3H3,(H2,34,35,36). The molecule has 0 amide bonds. The van der Waals surface area contributed by atoms with Gasteiger partial charge in [-0.3, -0.25) is 9.36 Å². The van der Waals surface area contributed by atoms with Crippen LogP contribution >= 0.6 is 0 Å². The number of nitrogen functional groups attached to an aromatic ring is 1. The van der Waals surface area contributed by atoms with Crippen LogP contribution < -0.4 is 16.0 Å². The lowest BCUT2D eigenvalue weighted by Gasteiger charge is -2.20. The average molecular weight is 553 g/mol. The quantitative estimate of drug-likeness (QED) is 0.270. The minimum absolute atomic E-state index is 0.129. The maximum Gasteiger partial charge on any atom is 0.263 e. The summed E-state index contributed by atoms with van der Waals surface area (Å²) in [5.74, 6) is -0.727. The number of para-hydroxylation sites is 1. The summed E-state index contributed by atoms with van der Waals surface area (Å²) in [6.45, 7) is 5.51. The maximum atomic E-state index is 15.0. The lowest BCUT2D eigenvalue weighted by atomic mass is 10.1. The van der Waals surface area contributed by atoms with Gasteiger partial charge in [-0.2, -0.15) is 5.10 Å². The third-order valence-corrected chi connectivity index (χ3v) is 6.91. The van der Waals surface area contributed by atoms with Crippen molar-refractivity contribution in [3.63, 3.8) is 0 Å². The molecule has 0 aliphatic rings. The van der Waals surface area contributed by atoms with Gasteiger partial charge in [0.25, 0.3) is 5.56 Å². The van der Waals surface area contributed by atoms with E-state index < -0.39 is 17.7 Å². The molecule has 206 valence electrons. The second-order valence-electron chi connectivity index (χ2n) is 10.0. The topological polar surface area (TPSA) is 101 Å². The van der Waals surface area contributed by atoms with Crippen LogP contribution in [0.2, 0.25) is 0 Å². The van der Waals surface area contributed by atoms with Crippen molar-refractivity contribution >= 4 is 27.6 Å². The van der Waals surface area contributed by atoms with Crippen LogP contribution in [0.25, 0.3) is 38.8 Å². The van der Waals surface area contributed by atoms with Gasteiger partial charge in [0.15, 0.2) is 17.2 Å². The van der Waals surface area contributed by atoms with Gasteiger partial charge in [-0.15, -0.1) is 0 Å². The normalized spacial score (nSPS) is 12.3. The highest BCUT2D eigenvalue weighted by Crippen LogP contribution is 2.35. The van der Waals surface area contributed by atoms with Crippen molar-refractivity contribution in [1.82, 2.24) is 24.3 Å². The molecule has 1 atom stereocenters. The number of benzene rings is 3. The van der Waals surface area contributed by atoms with Crippen LogP contribution in [0.1, 0.15) is 32.5 Å². The molecule has 10 heteroatoms. The number of rotatable bonds is 6. The molecule has 8 nitrogen and oxygen atoms in total. The summed E-state index contributed by atoms with van der Waals surface area (Å²) >= 11 is 0. The third kappa shape index (κ3) is 4.57. The number of fused-ring (bicyclic) bond motifs is 2. The van der Waals surface area contributed by atoms with Gasteiger partial charge < -0.3 is 10.5 Å². The second-order valence-corrected chi connectivity index (χ2v) is 10.0. The highest BCUT2D eigenvalue weighted by molar-refractivity contribution is 5.98. The Morgan fingerprint density at radius 1 is 0.927 bits per heavy atom. The van der Waals surface area contributed by atoms with Crippen LogP contribution in [0, 0.1) is 11.6 Å². The number of nitrogens with two attached hydrogens (primary N) is 1. The summed E-state index contributed by atoms with van der Waals surface area (Å²) in [5, 5.41) is 6.12. The number of pyridine rings is 1. The van der Waals surface area contributed by atoms with Gasteiger partial charge in [-0.05, 0) is 74.7 Å². The van der Waals surface area contributed by atoms with Crippen LogP contribution in [-0.4, -0.2) is 30.4 Å². The Morgan fingerprint density at radius 3 is 2.44 bits per heavy atom. The summed E-state index contributed by atoms with van der Waals surface area (Å²) in [7, 11) is 0. The molecule has 0 aliphatic heterocycles. The highest BCUT2D eigenvalue weighted by Gasteiger charge is 2.25. The first-order valence-corrected chi connectivity index (χ1v) is 13.1. The summed E-state index contributed by atoms with van der Waals surface area (Å²) in [4.78, 5) is 22.4. The number of ether oxygens (including phenoxy) is 1. The Morgan fingerprint density at radius 2 is 1.71 bits per heavy atom. The predicted molar refractivity (Wildman–Crippen MR) is 154 cm³/mol. The highest BCUT2D eigenvalue weighted by atomic mass is 19.1. The Balaban J connectivity index is 1.58. The SMILES string of the molecule is CC(C)Oc1ccc(-c2nn(C(C)c3cc4ccc(F)cc4c(=O)n3-c3ccccc3)c3ncnc(N)c23)cc1F. The monoisotopic (exact) mass is 552 g/mol. The van der Waals surface area contributed by atoms with Gasteiger partial charge in [0, 0.05) is 11.3 Å². The van der Waals surface area contributed by atoms with Gasteiger partial charge >= 0.3 is 0 Å². The summed E-state index contributed by atoms with van der Waals surface area (Å²) in [6.07, 6.45) is 1.14. The molecule has 3 aromatic carbocycles. The molecule has 2 N–H and O–H groups in total. The van der Waals surface area contributed by atoms with Crippen molar-refractivity contribution in [1.29, 1.82) is 0 Å². The molecule has 0 spiro atoms. The van der Waals surface area contributed by atoms with Crippen molar-refractivity contribution in [2.75, 3.05) is 5.73 Å². The van der Waals surface area contributed by atoms with Gasteiger partial charge in [0.2, 0.25) is 0 Å². The number of aromatic nitrogens is 5. The first kappa shape index (κ1) is 26.1. The molecule has 3 heterocycles. The van der Waals surface area contributed by atoms with Crippen LogP contribution in [0.15, 0.2) is 83.9 Å². The van der Waals surface area contributed by atoms with Crippen LogP contribution in [0.3, 0.4) is 0 Å². The molecule has 0 saturated heterocycles. The summed E-state index contributed by atoms with van der Waals surface area (Å²) < 4.78 is 37.9. The zero-order valence-electron chi connectivity index (χ0n) is 22.5. The van der Waals surface area contributed by atoms with Crippen LogP contribution in [0.4, 0.5) is 14.6 Å². The van der Waals surface area contributed by atoms with E-state index in [0.717, 1.165) is 0 Å². The van der Waals surface area contributed by atoms with Crippen molar-refractivity contribution in [2.24, 2.45) is 0 Å². The molecule has 3 aromatic heterocycles. The second kappa shape index (κ2) is 10.1. The molecule has 0 saturated carbocycles. The molecule has 0 fully saturated rings. The molecule has 6 rings (SSSR count). The summed E-state index contributed by atoms with van der Waals surface area (Å²) in [5.41, 5.74) is 8.38. The fourth-order valence-electron chi connectivity index (χ4n) is 5.04. The molecular weight excluding hydrogens is 526 g/mol. The predicted octanol–water partition coefficient (Wildman–Crippen LogP) is 6.05. The zero-order valence-corrected chi connectivity index (χ0v) is 22.5. The third-order valence-electron chi connectivity index (χ3n) is 6.91. The molecule has 0 aliphatic carbocycles. The van der Waals surface area contributed by atoms with E-state index in [9.17, 15) is 9.18 Å². The van der Waals surface area contributed by atoms with E-state index in [-0.39, 0.29) is 28.6 Å². The minimum atomic E-state index is -0.559. The van der Waals surface area contributed by atoms with Crippen molar-refractivity contribution in [3.8, 4) is 22.7 Å². The zero-order chi connectivity index (χ0) is 28.8. The molecule has 41 heavy (non-hydrogen) atoms. The van der Waals surface area contributed by atoms with Crippen molar-refractivity contribution in [2.45, 2.75) is 32.9 Å². The molecule has 1 unspecified atom stereocenters. The molecule has 0 bridgehead atoms. The smallest absolute Gasteiger partial charge is 0.263 e. The van der Waals surface area contributed by atoms with Gasteiger partial charge in [0.05, 0.1) is 28.6 Å². The minimum Gasteiger partial charge on any atom is -0.488 e. The van der Waals surface area contributed by atoms with E-state index in [2.05, 4.69) is 9.97 Å². The number of anilines is 1. The number of hydrogen-bond donors (Lipinski definition) is 1. The van der Waals surface area contributed by atoms with Crippen LogP contribution in [-0.2, 0) is 0 Å². The number of hydrogen-bond acceptors (Lipinski definition) is 6. The fourth-order valence-corrected chi connectivity index (χ4v) is 5.04. The molecule has 6 aromatic rings. The lowest BCUT2D eigenvalue weighted by Crippen LogP contribution is -2.26. The largest absolute Gasteiger partial charge is 0.488 e. The van der Waals surface area contributed by atoms with E-state index in [0.29, 0.717) is 39.1 Å².